The number of imide groups is 2. The Morgan fingerprint density at radius 1 is 1.03 bits per heavy atom. The van der Waals surface area contributed by atoms with Gasteiger partial charge in [0.15, 0.2) is 11.5 Å². The van der Waals surface area contributed by atoms with E-state index >= 15 is 0 Å². The molecule has 3 aromatic carbocycles. The SMILES string of the molecule is COc1cc(/C=C2/C(=O)NC(=O)N(c3ccc(Br)cc3C)C2=O)cc(Br)c1OCc1ccc(Cl)cc1. The smallest absolute Gasteiger partial charge is 0.335 e. The number of nitrogens with zero attached hydrogens (tertiary/aromatic N) is 1. The Morgan fingerprint density at radius 2 is 1.75 bits per heavy atom. The molecule has 1 N–H and O–H groups in total. The predicted octanol–water partition coefficient (Wildman–Crippen LogP) is 6.43. The van der Waals surface area contributed by atoms with Crippen molar-refractivity contribution in [2.24, 2.45) is 0 Å². The van der Waals surface area contributed by atoms with Crippen molar-refractivity contribution in [1.29, 1.82) is 0 Å². The van der Waals surface area contributed by atoms with Crippen LogP contribution in [0.4, 0.5) is 10.5 Å². The van der Waals surface area contributed by atoms with E-state index in [9.17, 15) is 14.4 Å². The molecule has 1 saturated heterocycles. The Hall–Kier alpha value is -3.14. The van der Waals surface area contributed by atoms with Crippen molar-refractivity contribution in [2.75, 3.05) is 12.0 Å². The summed E-state index contributed by atoms with van der Waals surface area (Å²) in [6.07, 6.45) is 1.40. The van der Waals surface area contributed by atoms with E-state index in [1.54, 1.807) is 49.4 Å². The van der Waals surface area contributed by atoms with E-state index in [0.29, 0.717) is 37.8 Å². The maximum atomic E-state index is 13.3. The second-order valence-corrected chi connectivity index (χ2v) is 10.0. The van der Waals surface area contributed by atoms with Crippen molar-refractivity contribution in [3.05, 3.63) is 90.8 Å². The van der Waals surface area contributed by atoms with Gasteiger partial charge < -0.3 is 9.47 Å². The molecule has 10 heteroatoms. The number of rotatable bonds is 6. The highest BCUT2D eigenvalue weighted by Gasteiger charge is 2.37. The van der Waals surface area contributed by atoms with Crippen LogP contribution in [0.5, 0.6) is 11.5 Å². The zero-order valence-electron chi connectivity index (χ0n) is 19.1. The average molecular weight is 635 g/mol. The predicted molar refractivity (Wildman–Crippen MR) is 144 cm³/mol. The minimum absolute atomic E-state index is 0.194. The van der Waals surface area contributed by atoms with Crippen molar-refractivity contribution < 1.29 is 23.9 Å². The molecule has 7 nitrogen and oxygen atoms in total. The first kappa shape index (κ1) is 25.9. The topological polar surface area (TPSA) is 84.9 Å². The summed E-state index contributed by atoms with van der Waals surface area (Å²) in [5.74, 6) is -0.664. The molecule has 4 rings (SSSR count). The zero-order chi connectivity index (χ0) is 26.0. The first-order valence-electron chi connectivity index (χ1n) is 10.6. The molecular weight excluding hydrogens is 616 g/mol. The van der Waals surface area contributed by atoms with Crippen LogP contribution < -0.4 is 19.7 Å². The van der Waals surface area contributed by atoms with Crippen LogP contribution in [-0.4, -0.2) is 25.0 Å². The minimum atomic E-state index is -0.808. The standard InChI is InChI=1S/C26H19Br2ClN2O5/c1-14-9-17(27)5-8-21(14)31-25(33)19(24(32)30-26(31)34)10-16-11-20(28)23(22(12-16)35-2)36-13-15-3-6-18(29)7-4-15/h3-12H,13H2,1-2H3,(H,30,32,34)/b19-10-. The van der Waals surface area contributed by atoms with Crippen molar-refractivity contribution in [3.8, 4) is 11.5 Å². The third-order valence-electron chi connectivity index (χ3n) is 5.36. The molecule has 36 heavy (non-hydrogen) atoms. The molecule has 184 valence electrons. The Balaban J connectivity index is 1.65. The van der Waals surface area contributed by atoms with Gasteiger partial charge in [0.1, 0.15) is 12.2 Å². The lowest BCUT2D eigenvalue weighted by molar-refractivity contribution is -0.122. The van der Waals surface area contributed by atoms with E-state index in [-0.39, 0.29) is 12.2 Å². The van der Waals surface area contributed by atoms with Crippen molar-refractivity contribution in [1.82, 2.24) is 5.32 Å². The van der Waals surface area contributed by atoms with Gasteiger partial charge in [-0.15, -0.1) is 0 Å². The number of urea groups is 1. The number of benzene rings is 3. The number of amides is 4. The molecule has 1 aliphatic heterocycles. The van der Waals surface area contributed by atoms with E-state index in [1.165, 1.54) is 13.2 Å². The number of hydrogen-bond donors (Lipinski definition) is 1. The van der Waals surface area contributed by atoms with Gasteiger partial charge in [-0.25, -0.2) is 9.69 Å². The van der Waals surface area contributed by atoms with Crippen LogP contribution in [0.15, 0.2) is 69.1 Å². The summed E-state index contributed by atoms with van der Waals surface area (Å²) < 4.78 is 12.8. The third-order valence-corrected chi connectivity index (χ3v) is 6.69. The van der Waals surface area contributed by atoms with Gasteiger partial charge in [-0.1, -0.05) is 39.7 Å². The molecule has 3 aromatic rings. The molecule has 0 unspecified atom stereocenters. The second-order valence-electron chi connectivity index (χ2n) is 7.84. The van der Waals surface area contributed by atoms with Crippen molar-refractivity contribution in [2.45, 2.75) is 13.5 Å². The monoisotopic (exact) mass is 632 g/mol. The Bertz CT molecular complexity index is 1410. The van der Waals surface area contributed by atoms with Crippen LogP contribution >= 0.6 is 43.5 Å². The maximum absolute atomic E-state index is 13.3. The molecule has 0 spiro atoms. The lowest BCUT2D eigenvalue weighted by Gasteiger charge is -2.27. The number of nitrogens with one attached hydrogen (secondary N) is 1. The van der Waals surface area contributed by atoms with Gasteiger partial charge >= 0.3 is 6.03 Å². The number of aryl methyl sites for hydroxylation is 1. The van der Waals surface area contributed by atoms with Gasteiger partial charge in [-0.05, 0) is 88.1 Å². The van der Waals surface area contributed by atoms with E-state index in [0.717, 1.165) is 14.9 Å². The van der Waals surface area contributed by atoms with Crippen LogP contribution in [-0.2, 0) is 16.2 Å². The first-order valence-corrected chi connectivity index (χ1v) is 12.6. The van der Waals surface area contributed by atoms with Gasteiger partial charge in [0.05, 0.1) is 17.3 Å². The van der Waals surface area contributed by atoms with E-state index in [2.05, 4.69) is 37.2 Å². The van der Waals surface area contributed by atoms with Gasteiger partial charge in [0.2, 0.25) is 0 Å². The number of ether oxygens (including phenoxy) is 2. The highest BCUT2D eigenvalue weighted by Crippen LogP contribution is 2.38. The molecule has 0 aromatic heterocycles. The number of anilines is 1. The Labute approximate surface area is 229 Å². The Kier molecular flexibility index (Phi) is 7.82. The fraction of sp³-hybridized carbons (Fsp3) is 0.115. The fourth-order valence-electron chi connectivity index (χ4n) is 3.61. The van der Waals surface area contributed by atoms with E-state index in [4.69, 9.17) is 21.1 Å². The van der Waals surface area contributed by atoms with Crippen LogP contribution in [0.1, 0.15) is 16.7 Å². The van der Waals surface area contributed by atoms with E-state index < -0.39 is 17.8 Å². The second kappa shape index (κ2) is 10.9. The maximum Gasteiger partial charge on any atom is 0.335 e. The first-order chi connectivity index (χ1) is 17.2. The summed E-state index contributed by atoms with van der Waals surface area (Å²) in [4.78, 5) is 39.3. The largest absolute Gasteiger partial charge is 0.493 e. The number of hydrogen-bond acceptors (Lipinski definition) is 5. The van der Waals surface area contributed by atoms with Gasteiger partial charge in [0.25, 0.3) is 11.8 Å². The highest BCUT2D eigenvalue weighted by atomic mass is 79.9. The molecule has 1 fully saturated rings. The summed E-state index contributed by atoms with van der Waals surface area (Å²) >= 11 is 12.8. The quantitative estimate of drug-likeness (QED) is 0.250. The summed E-state index contributed by atoms with van der Waals surface area (Å²) in [7, 11) is 1.49. The number of methoxy groups -OCH3 is 1. The minimum Gasteiger partial charge on any atom is -0.493 e. The summed E-state index contributed by atoms with van der Waals surface area (Å²) in [5.41, 5.74) is 2.28. The molecule has 0 atom stereocenters. The summed E-state index contributed by atoms with van der Waals surface area (Å²) in [5, 5.41) is 2.87. The molecule has 0 bridgehead atoms. The van der Waals surface area contributed by atoms with E-state index in [1.807, 2.05) is 12.1 Å². The van der Waals surface area contributed by atoms with Gasteiger partial charge in [0, 0.05) is 9.50 Å². The fourth-order valence-corrected chi connectivity index (χ4v) is 4.79. The molecule has 0 radical (unpaired) electrons. The van der Waals surface area contributed by atoms with Crippen LogP contribution in [0.25, 0.3) is 6.08 Å². The van der Waals surface area contributed by atoms with Crippen molar-refractivity contribution in [3.63, 3.8) is 0 Å². The molecule has 0 saturated carbocycles. The van der Waals surface area contributed by atoms with Crippen LogP contribution in [0.3, 0.4) is 0 Å². The van der Waals surface area contributed by atoms with Gasteiger partial charge in [-0.2, -0.15) is 0 Å². The lowest BCUT2D eigenvalue weighted by atomic mass is 10.1. The molecule has 1 heterocycles. The highest BCUT2D eigenvalue weighted by molar-refractivity contribution is 9.10. The summed E-state index contributed by atoms with van der Waals surface area (Å²) in [6, 6.07) is 14.9. The van der Waals surface area contributed by atoms with Gasteiger partial charge in [-0.3, -0.25) is 14.9 Å². The number of halogens is 3. The zero-order valence-corrected chi connectivity index (χ0v) is 23.0. The molecule has 1 aliphatic rings. The third kappa shape index (κ3) is 5.48. The molecule has 4 amide bonds. The normalized spacial score (nSPS) is 14.8. The number of carbonyl (C=O) groups excluding carboxylic acids is 3. The Morgan fingerprint density at radius 3 is 2.42 bits per heavy atom. The van der Waals surface area contributed by atoms with Crippen molar-refractivity contribution >= 4 is 73.1 Å². The molecular formula is C26H19Br2ClN2O5. The van der Waals surface area contributed by atoms with Crippen LogP contribution in [0.2, 0.25) is 5.02 Å². The average Bonchev–Trinajstić information content (AvgIpc) is 2.83. The van der Waals surface area contributed by atoms with Crippen LogP contribution in [0, 0.1) is 6.92 Å². The number of carbonyl (C=O) groups is 3. The summed E-state index contributed by atoms with van der Waals surface area (Å²) in [6.45, 7) is 2.04. The number of barbiturate groups is 1. The lowest BCUT2D eigenvalue weighted by Crippen LogP contribution is -2.54. The molecule has 0 aliphatic carbocycles.